The number of nitrogens with zero attached hydrogens (tertiary/aromatic N) is 3. The minimum absolute atomic E-state index is 0.0935. The summed E-state index contributed by atoms with van der Waals surface area (Å²) < 4.78 is 0. The molecule has 2 heterocycles. The van der Waals surface area contributed by atoms with Crippen molar-refractivity contribution in [3.8, 4) is 0 Å². The first-order valence-corrected chi connectivity index (χ1v) is 9.80. The summed E-state index contributed by atoms with van der Waals surface area (Å²) in [5, 5.41) is 0. The van der Waals surface area contributed by atoms with E-state index in [1.165, 1.54) is 18.4 Å². The van der Waals surface area contributed by atoms with Crippen LogP contribution in [0.4, 0.5) is 0 Å². The zero-order valence-electron chi connectivity index (χ0n) is 16.1. The van der Waals surface area contributed by atoms with E-state index in [0.29, 0.717) is 5.92 Å². The van der Waals surface area contributed by atoms with Gasteiger partial charge in [0.05, 0.1) is 0 Å². The second-order valence-electron chi connectivity index (χ2n) is 7.40. The lowest BCUT2D eigenvalue weighted by molar-refractivity contribution is -0.126. The van der Waals surface area contributed by atoms with Crippen molar-refractivity contribution in [2.45, 2.75) is 19.3 Å². The standard InChI is InChI=1S/C23H29N3O/c1-25-16-5-8-22(18-25)19-26(17-13-20-6-3-2-4-7-20)23(27)10-9-21-11-14-24-15-12-21/h2-4,6-7,9-12,14-15,22H,5,8,13,16-19H2,1H3/b10-9+/t22-/m1/s1. The molecule has 0 N–H and O–H groups in total. The number of likely N-dealkylation sites (tertiary alicyclic amines) is 1. The van der Waals surface area contributed by atoms with Crippen molar-refractivity contribution in [3.63, 3.8) is 0 Å². The average Bonchev–Trinajstić information content (AvgIpc) is 2.71. The summed E-state index contributed by atoms with van der Waals surface area (Å²) in [4.78, 5) is 21.3. The first-order chi connectivity index (χ1) is 13.2. The van der Waals surface area contributed by atoms with Gasteiger partial charge in [-0.1, -0.05) is 30.3 Å². The fourth-order valence-corrected chi connectivity index (χ4v) is 3.68. The van der Waals surface area contributed by atoms with Crippen LogP contribution in [0.2, 0.25) is 0 Å². The van der Waals surface area contributed by atoms with Gasteiger partial charge >= 0.3 is 0 Å². The molecule has 0 spiro atoms. The molecule has 0 aliphatic carbocycles. The van der Waals surface area contributed by atoms with Gasteiger partial charge in [0.1, 0.15) is 0 Å². The lowest BCUT2D eigenvalue weighted by atomic mass is 9.97. The third-order valence-electron chi connectivity index (χ3n) is 5.15. The Morgan fingerprint density at radius 3 is 2.74 bits per heavy atom. The molecule has 0 radical (unpaired) electrons. The maximum atomic E-state index is 12.9. The zero-order valence-corrected chi connectivity index (χ0v) is 16.1. The van der Waals surface area contributed by atoms with E-state index >= 15 is 0 Å². The van der Waals surface area contributed by atoms with E-state index in [-0.39, 0.29) is 5.91 Å². The Bertz CT molecular complexity index is 730. The van der Waals surface area contributed by atoms with Crippen LogP contribution in [-0.4, -0.2) is 53.9 Å². The third kappa shape index (κ3) is 6.33. The van der Waals surface area contributed by atoms with Gasteiger partial charge in [-0.2, -0.15) is 0 Å². The van der Waals surface area contributed by atoms with E-state index in [0.717, 1.165) is 38.2 Å². The molecule has 4 heteroatoms. The van der Waals surface area contributed by atoms with Crippen LogP contribution < -0.4 is 0 Å². The quantitative estimate of drug-likeness (QED) is 0.707. The van der Waals surface area contributed by atoms with Crippen molar-refractivity contribution in [2.75, 3.05) is 33.2 Å². The van der Waals surface area contributed by atoms with E-state index in [2.05, 4.69) is 41.2 Å². The molecule has 3 rings (SSSR count). The fraction of sp³-hybridized carbons (Fsp3) is 0.391. The molecule has 0 bridgehead atoms. The number of pyridine rings is 1. The van der Waals surface area contributed by atoms with Gasteiger partial charge in [-0.25, -0.2) is 0 Å². The second-order valence-corrected chi connectivity index (χ2v) is 7.40. The summed E-state index contributed by atoms with van der Waals surface area (Å²) in [6.45, 7) is 3.82. The molecule has 0 unspecified atom stereocenters. The lowest BCUT2D eigenvalue weighted by Gasteiger charge is -2.33. The van der Waals surface area contributed by atoms with Gasteiger partial charge < -0.3 is 9.80 Å². The average molecular weight is 364 g/mol. The highest BCUT2D eigenvalue weighted by atomic mass is 16.2. The van der Waals surface area contributed by atoms with Crippen molar-refractivity contribution in [2.24, 2.45) is 5.92 Å². The first-order valence-electron chi connectivity index (χ1n) is 9.80. The number of hydrogen-bond donors (Lipinski definition) is 0. The molecule has 1 aromatic heterocycles. The van der Waals surface area contributed by atoms with Gasteiger partial charge in [0.25, 0.3) is 0 Å². The van der Waals surface area contributed by atoms with Crippen molar-refractivity contribution in [3.05, 3.63) is 72.1 Å². The molecule has 142 valence electrons. The number of amides is 1. The highest BCUT2D eigenvalue weighted by Gasteiger charge is 2.21. The molecule has 1 aliphatic heterocycles. The van der Waals surface area contributed by atoms with Crippen molar-refractivity contribution < 1.29 is 4.79 Å². The van der Waals surface area contributed by atoms with Crippen LogP contribution in [0.5, 0.6) is 0 Å². The largest absolute Gasteiger partial charge is 0.339 e. The predicted molar refractivity (Wildman–Crippen MR) is 110 cm³/mol. The van der Waals surface area contributed by atoms with Crippen LogP contribution in [0.15, 0.2) is 60.9 Å². The summed E-state index contributed by atoms with van der Waals surface area (Å²) in [5.41, 5.74) is 2.27. The number of aromatic nitrogens is 1. The molecule has 27 heavy (non-hydrogen) atoms. The number of carbonyl (C=O) groups is 1. The minimum atomic E-state index is 0.0935. The molecule has 1 amide bonds. The zero-order chi connectivity index (χ0) is 18.9. The van der Waals surface area contributed by atoms with Gasteiger partial charge in [0.15, 0.2) is 0 Å². The number of piperidine rings is 1. The minimum Gasteiger partial charge on any atom is -0.339 e. The van der Waals surface area contributed by atoms with E-state index in [9.17, 15) is 4.79 Å². The monoisotopic (exact) mass is 363 g/mol. The highest BCUT2D eigenvalue weighted by molar-refractivity contribution is 5.91. The van der Waals surface area contributed by atoms with E-state index in [1.54, 1.807) is 18.5 Å². The van der Waals surface area contributed by atoms with Crippen LogP contribution in [0.25, 0.3) is 6.08 Å². The van der Waals surface area contributed by atoms with Crippen molar-refractivity contribution in [1.82, 2.24) is 14.8 Å². The number of benzene rings is 1. The fourth-order valence-electron chi connectivity index (χ4n) is 3.68. The number of rotatable bonds is 7. The Morgan fingerprint density at radius 2 is 2.00 bits per heavy atom. The molecular formula is C23H29N3O. The topological polar surface area (TPSA) is 36.4 Å². The van der Waals surface area contributed by atoms with Gasteiger partial charge in [-0.15, -0.1) is 0 Å². The van der Waals surface area contributed by atoms with Crippen LogP contribution in [0.3, 0.4) is 0 Å². The summed E-state index contributed by atoms with van der Waals surface area (Å²) in [7, 11) is 2.17. The molecule has 1 saturated heterocycles. The Hall–Kier alpha value is -2.46. The smallest absolute Gasteiger partial charge is 0.246 e. The highest BCUT2D eigenvalue weighted by Crippen LogP contribution is 2.17. The molecular weight excluding hydrogens is 334 g/mol. The molecule has 2 aromatic rings. The lowest BCUT2D eigenvalue weighted by Crippen LogP contribution is -2.42. The van der Waals surface area contributed by atoms with E-state index in [1.807, 2.05) is 29.2 Å². The van der Waals surface area contributed by atoms with Gasteiger partial charge in [0.2, 0.25) is 5.91 Å². The summed E-state index contributed by atoms with van der Waals surface area (Å²) in [6, 6.07) is 14.2. The molecule has 0 saturated carbocycles. The van der Waals surface area contributed by atoms with E-state index < -0.39 is 0 Å². The number of hydrogen-bond acceptors (Lipinski definition) is 3. The number of carbonyl (C=O) groups excluding carboxylic acids is 1. The maximum Gasteiger partial charge on any atom is 0.246 e. The third-order valence-corrected chi connectivity index (χ3v) is 5.15. The predicted octanol–water partition coefficient (Wildman–Crippen LogP) is 3.51. The summed E-state index contributed by atoms with van der Waals surface area (Å²) >= 11 is 0. The van der Waals surface area contributed by atoms with Gasteiger partial charge in [-0.3, -0.25) is 9.78 Å². The first kappa shape index (κ1) is 19.3. The normalized spacial score (nSPS) is 17.9. The summed E-state index contributed by atoms with van der Waals surface area (Å²) in [6.07, 6.45) is 10.4. The SMILES string of the molecule is CN1CCC[C@@H](CN(CCc2ccccc2)C(=O)/C=C/c2ccncc2)C1. The Morgan fingerprint density at radius 1 is 1.22 bits per heavy atom. The maximum absolute atomic E-state index is 12.9. The summed E-state index contributed by atoms with van der Waals surface area (Å²) in [5.74, 6) is 0.647. The Kier molecular flexibility index (Phi) is 7.17. The molecule has 4 nitrogen and oxygen atoms in total. The van der Waals surface area contributed by atoms with Crippen LogP contribution in [0, 0.1) is 5.92 Å². The van der Waals surface area contributed by atoms with Crippen LogP contribution in [0.1, 0.15) is 24.0 Å². The second kappa shape index (κ2) is 10.0. The van der Waals surface area contributed by atoms with Crippen LogP contribution in [-0.2, 0) is 11.2 Å². The molecule has 1 fully saturated rings. The van der Waals surface area contributed by atoms with Crippen LogP contribution >= 0.6 is 0 Å². The molecule has 1 atom stereocenters. The van der Waals surface area contributed by atoms with Gasteiger partial charge in [0, 0.05) is 38.1 Å². The van der Waals surface area contributed by atoms with E-state index in [4.69, 9.17) is 0 Å². The Labute approximate surface area is 162 Å². The molecule has 1 aromatic carbocycles. The Balaban J connectivity index is 1.65. The van der Waals surface area contributed by atoms with Crippen molar-refractivity contribution in [1.29, 1.82) is 0 Å². The van der Waals surface area contributed by atoms with Gasteiger partial charge in [-0.05, 0) is 68.1 Å². The van der Waals surface area contributed by atoms with Crippen molar-refractivity contribution >= 4 is 12.0 Å². The molecule has 1 aliphatic rings.